The first-order valence-corrected chi connectivity index (χ1v) is 8.28. The smallest absolute Gasteiger partial charge is 0.337 e. The molecule has 1 aromatic heterocycles. The van der Waals surface area contributed by atoms with Crippen molar-refractivity contribution < 1.29 is 9.90 Å². The molecule has 126 valence electrons. The molecular formula is C18H15BrN4O2. The molecule has 6 nitrogen and oxygen atoms in total. The van der Waals surface area contributed by atoms with Crippen LogP contribution in [-0.4, -0.2) is 21.0 Å². The second-order valence-corrected chi connectivity index (χ2v) is 6.20. The number of nitrogens with zero attached hydrogens (tertiary/aromatic N) is 2. The van der Waals surface area contributed by atoms with Crippen LogP contribution < -0.4 is 10.6 Å². The molecule has 3 aromatic rings. The average Bonchev–Trinajstić information content (AvgIpc) is 2.58. The van der Waals surface area contributed by atoms with Crippen molar-refractivity contribution >= 4 is 45.0 Å². The van der Waals surface area contributed by atoms with Crippen LogP contribution in [-0.2, 0) is 0 Å². The number of carboxylic acids is 1. The predicted octanol–water partition coefficient (Wildman–Crippen LogP) is 4.73. The van der Waals surface area contributed by atoms with Gasteiger partial charge in [-0.25, -0.2) is 9.78 Å². The Kier molecular flexibility index (Phi) is 4.95. The minimum absolute atomic E-state index is 0.178. The lowest BCUT2D eigenvalue weighted by molar-refractivity contribution is 0.0698. The van der Waals surface area contributed by atoms with E-state index in [1.54, 1.807) is 30.5 Å². The van der Waals surface area contributed by atoms with Crippen molar-refractivity contribution in [1.29, 1.82) is 0 Å². The number of para-hydroxylation sites is 1. The van der Waals surface area contributed by atoms with E-state index in [2.05, 4.69) is 36.5 Å². The highest BCUT2D eigenvalue weighted by molar-refractivity contribution is 9.10. The van der Waals surface area contributed by atoms with Crippen LogP contribution in [0.2, 0.25) is 0 Å². The van der Waals surface area contributed by atoms with Crippen LogP contribution in [0.3, 0.4) is 0 Å². The third-order valence-electron chi connectivity index (χ3n) is 3.45. The van der Waals surface area contributed by atoms with Crippen LogP contribution in [0.15, 0.2) is 59.2 Å². The maximum Gasteiger partial charge on any atom is 0.337 e. The molecule has 0 saturated carbocycles. The maximum absolute atomic E-state index is 11.3. The van der Waals surface area contributed by atoms with E-state index >= 15 is 0 Å². The normalized spacial score (nSPS) is 10.3. The van der Waals surface area contributed by atoms with Gasteiger partial charge in [0, 0.05) is 10.7 Å². The van der Waals surface area contributed by atoms with Crippen molar-refractivity contribution in [2.45, 2.75) is 6.92 Å². The molecule has 0 saturated heterocycles. The second-order valence-electron chi connectivity index (χ2n) is 5.35. The van der Waals surface area contributed by atoms with Gasteiger partial charge in [0.2, 0.25) is 5.95 Å². The zero-order valence-corrected chi connectivity index (χ0v) is 14.9. The van der Waals surface area contributed by atoms with Crippen molar-refractivity contribution in [2.24, 2.45) is 0 Å². The summed E-state index contributed by atoms with van der Waals surface area (Å²) >= 11 is 3.50. The molecule has 0 aliphatic carbocycles. The first-order chi connectivity index (χ1) is 12.0. The molecule has 0 spiro atoms. The minimum Gasteiger partial charge on any atom is -0.478 e. The van der Waals surface area contributed by atoms with Crippen molar-refractivity contribution in [2.75, 3.05) is 10.6 Å². The van der Waals surface area contributed by atoms with Gasteiger partial charge in [-0.1, -0.05) is 18.2 Å². The number of benzene rings is 2. The fraction of sp³-hybridized carbons (Fsp3) is 0.0556. The Bertz CT molecular complexity index is 930. The summed E-state index contributed by atoms with van der Waals surface area (Å²) in [5.41, 5.74) is 2.63. The van der Waals surface area contributed by atoms with Gasteiger partial charge in [0.1, 0.15) is 5.82 Å². The lowest BCUT2D eigenvalue weighted by atomic mass is 10.2. The number of anilines is 4. The van der Waals surface area contributed by atoms with E-state index in [9.17, 15) is 9.90 Å². The average molecular weight is 399 g/mol. The molecule has 0 aliphatic heterocycles. The van der Waals surface area contributed by atoms with Gasteiger partial charge in [-0.3, -0.25) is 0 Å². The minimum atomic E-state index is -1.00. The highest BCUT2D eigenvalue weighted by Crippen LogP contribution is 2.26. The molecule has 7 heteroatoms. The monoisotopic (exact) mass is 398 g/mol. The Morgan fingerprint density at radius 3 is 2.64 bits per heavy atom. The van der Waals surface area contributed by atoms with Crippen LogP contribution in [0.25, 0.3) is 0 Å². The number of carboxylic acid groups (broad SMARTS) is 1. The predicted molar refractivity (Wildman–Crippen MR) is 101 cm³/mol. The summed E-state index contributed by atoms with van der Waals surface area (Å²) in [4.78, 5) is 19.9. The number of carbonyl (C=O) groups is 1. The molecule has 0 unspecified atom stereocenters. The largest absolute Gasteiger partial charge is 0.478 e. The fourth-order valence-corrected chi connectivity index (χ4v) is 2.84. The molecule has 2 aromatic carbocycles. The van der Waals surface area contributed by atoms with Gasteiger partial charge in [-0.15, -0.1) is 0 Å². The van der Waals surface area contributed by atoms with E-state index in [4.69, 9.17) is 0 Å². The van der Waals surface area contributed by atoms with E-state index in [-0.39, 0.29) is 5.56 Å². The summed E-state index contributed by atoms with van der Waals surface area (Å²) in [5, 5.41) is 15.4. The Morgan fingerprint density at radius 2 is 1.88 bits per heavy atom. The summed E-state index contributed by atoms with van der Waals surface area (Å²) in [7, 11) is 0. The molecule has 25 heavy (non-hydrogen) atoms. The number of aryl methyl sites for hydroxylation is 1. The number of aromatic nitrogens is 2. The summed E-state index contributed by atoms with van der Waals surface area (Å²) < 4.78 is 0.908. The first-order valence-electron chi connectivity index (χ1n) is 7.48. The maximum atomic E-state index is 11.3. The fourth-order valence-electron chi connectivity index (χ4n) is 2.25. The van der Waals surface area contributed by atoms with Gasteiger partial charge in [0.05, 0.1) is 16.9 Å². The van der Waals surface area contributed by atoms with Crippen LogP contribution in [0.5, 0.6) is 0 Å². The van der Waals surface area contributed by atoms with Crippen LogP contribution >= 0.6 is 15.9 Å². The zero-order chi connectivity index (χ0) is 17.8. The summed E-state index contributed by atoms with van der Waals surface area (Å²) in [6.45, 7) is 2.01. The topological polar surface area (TPSA) is 87.1 Å². The summed E-state index contributed by atoms with van der Waals surface area (Å²) in [6.07, 6.45) is 1.60. The quantitative estimate of drug-likeness (QED) is 0.575. The summed E-state index contributed by atoms with van der Waals surface area (Å²) in [5.74, 6) is -0.101. The number of aromatic carboxylic acids is 1. The third kappa shape index (κ3) is 4.13. The molecule has 3 rings (SSSR count). The van der Waals surface area contributed by atoms with Crippen molar-refractivity contribution in [3.63, 3.8) is 0 Å². The Labute approximate surface area is 153 Å². The molecule has 0 atom stereocenters. The van der Waals surface area contributed by atoms with Crippen molar-refractivity contribution in [3.05, 3.63) is 70.3 Å². The van der Waals surface area contributed by atoms with Crippen LogP contribution in [0, 0.1) is 6.92 Å². The van der Waals surface area contributed by atoms with Crippen LogP contribution in [0.1, 0.15) is 15.9 Å². The first kappa shape index (κ1) is 16.9. The lowest BCUT2D eigenvalue weighted by Crippen LogP contribution is -2.05. The van der Waals surface area contributed by atoms with Crippen molar-refractivity contribution in [1.82, 2.24) is 9.97 Å². The molecule has 3 N–H and O–H groups in total. The standard InChI is InChI=1S/C18H15BrN4O2/c1-11-6-7-15(13(19)10-11)22-18-20-9-8-16(23-18)21-14-5-3-2-4-12(14)17(24)25/h2-10H,1H3,(H,24,25)(H2,20,21,22,23). The van der Waals surface area contributed by atoms with Gasteiger partial charge in [-0.05, 0) is 58.7 Å². The second kappa shape index (κ2) is 7.31. The number of halogens is 1. The van der Waals surface area contributed by atoms with E-state index in [0.717, 1.165) is 15.7 Å². The SMILES string of the molecule is Cc1ccc(Nc2nccc(Nc3ccccc3C(=O)O)n2)c(Br)c1. The molecule has 0 fully saturated rings. The number of rotatable bonds is 5. The van der Waals surface area contributed by atoms with E-state index < -0.39 is 5.97 Å². The van der Waals surface area contributed by atoms with Crippen LogP contribution in [0.4, 0.5) is 23.1 Å². The Hall–Kier alpha value is -2.93. The van der Waals surface area contributed by atoms with Gasteiger partial charge < -0.3 is 15.7 Å². The molecule has 0 radical (unpaired) electrons. The number of nitrogens with one attached hydrogen (secondary N) is 2. The summed E-state index contributed by atoms with van der Waals surface area (Å²) in [6, 6.07) is 14.3. The number of hydrogen-bond donors (Lipinski definition) is 3. The van der Waals surface area contributed by atoms with Crippen molar-refractivity contribution in [3.8, 4) is 0 Å². The third-order valence-corrected chi connectivity index (χ3v) is 4.10. The van der Waals surface area contributed by atoms with E-state index in [1.807, 2.05) is 25.1 Å². The molecule has 1 heterocycles. The highest BCUT2D eigenvalue weighted by Gasteiger charge is 2.10. The molecule has 0 aliphatic rings. The molecule has 0 bridgehead atoms. The lowest BCUT2D eigenvalue weighted by Gasteiger charge is -2.11. The Balaban J connectivity index is 1.84. The van der Waals surface area contributed by atoms with E-state index in [1.165, 1.54) is 6.07 Å². The number of hydrogen-bond acceptors (Lipinski definition) is 5. The van der Waals surface area contributed by atoms with Gasteiger partial charge in [0.25, 0.3) is 0 Å². The van der Waals surface area contributed by atoms with Gasteiger partial charge in [-0.2, -0.15) is 4.98 Å². The van der Waals surface area contributed by atoms with Gasteiger partial charge >= 0.3 is 5.97 Å². The highest BCUT2D eigenvalue weighted by atomic mass is 79.9. The Morgan fingerprint density at radius 1 is 1.08 bits per heavy atom. The zero-order valence-electron chi connectivity index (χ0n) is 13.3. The molecule has 0 amide bonds. The van der Waals surface area contributed by atoms with Gasteiger partial charge in [0.15, 0.2) is 0 Å². The van der Waals surface area contributed by atoms with E-state index in [0.29, 0.717) is 17.5 Å². The molecular weight excluding hydrogens is 384 g/mol.